The summed E-state index contributed by atoms with van der Waals surface area (Å²) in [6.45, 7) is 0.0936. The van der Waals surface area contributed by atoms with E-state index in [1.807, 2.05) is 0 Å². The third-order valence-electron chi connectivity index (χ3n) is 6.40. The van der Waals surface area contributed by atoms with Crippen LogP contribution in [-0.2, 0) is 21.7 Å². The van der Waals surface area contributed by atoms with Crippen molar-refractivity contribution < 1.29 is 43.1 Å². The van der Waals surface area contributed by atoms with Crippen LogP contribution in [0.3, 0.4) is 0 Å². The molecule has 0 saturated carbocycles. The minimum atomic E-state index is -2.03. The molecule has 0 amide bonds. The van der Waals surface area contributed by atoms with Crippen molar-refractivity contribution in [3.63, 3.8) is 0 Å². The Morgan fingerprint density at radius 2 is 1.51 bits per heavy atom. The summed E-state index contributed by atoms with van der Waals surface area (Å²) >= 11 is 0. The maximum Gasteiger partial charge on any atom is 0.342 e. The lowest BCUT2D eigenvalue weighted by molar-refractivity contribution is -0.185. The molecule has 37 heavy (non-hydrogen) atoms. The molecule has 1 N–H and O–H groups in total. The predicted molar refractivity (Wildman–Crippen MR) is 132 cm³/mol. The highest BCUT2D eigenvalue weighted by molar-refractivity contribution is 6.20. The van der Waals surface area contributed by atoms with Crippen LogP contribution in [0.5, 0.6) is 34.5 Å². The number of carbonyl (C=O) groups excluding carboxylic acids is 1. The van der Waals surface area contributed by atoms with Crippen LogP contribution in [-0.4, -0.2) is 46.3 Å². The molecule has 1 atom stereocenters. The lowest BCUT2D eigenvalue weighted by atomic mass is 9.88. The Morgan fingerprint density at radius 3 is 2.14 bits per heavy atom. The monoisotopic (exact) mass is 506 g/mol. The van der Waals surface area contributed by atoms with Gasteiger partial charge in [0.2, 0.25) is 12.5 Å². The minimum Gasteiger partial charge on any atom is -0.497 e. The smallest absolute Gasteiger partial charge is 0.342 e. The molecule has 0 radical (unpaired) electrons. The zero-order chi connectivity index (χ0) is 26.2. The van der Waals surface area contributed by atoms with Crippen LogP contribution in [0.2, 0.25) is 0 Å². The van der Waals surface area contributed by atoms with E-state index < -0.39 is 11.8 Å². The van der Waals surface area contributed by atoms with Gasteiger partial charge in [0.25, 0.3) is 5.79 Å². The summed E-state index contributed by atoms with van der Waals surface area (Å²) in [5.74, 6) is 0.304. The second kappa shape index (κ2) is 9.59. The van der Waals surface area contributed by atoms with Crippen LogP contribution >= 0.6 is 0 Å². The number of aliphatic hydroxyl groups is 1. The van der Waals surface area contributed by atoms with Crippen molar-refractivity contribution in [1.29, 1.82) is 0 Å². The van der Waals surface area contributed by atoms with Gasteiger partial charge in [-0.2, -0.15) is 0 Å². The highest BCUT2D eigenvalue weighted by Crippen LogP contribution is 2.47. The summed E-state index contributed by atoms with van der Waals surface area (Å²) in [5, 5.41) is 11.9. The van der Waals surface area contributed by atoms with Crippen molar-refractivity contribution in [1.82, 2.24) is 0 Å². The lowest BCUT2D eigenvalue weighted by Gasteiger charge is -2.26. The van der Waals surface area contributed by atoms with Gasteiger partial charge >= 0.3 is 5.97 Å². The Bertz CT molecular complexity index is 1350. The molecule has 9 heteroatoms. The molecule has 0 spiro atoms. The van der Waals surface area contributed by atoms with Gasteiger partial charge in [-0.1, -0.05) is 6.07 Å². The molecule has 0 unspecified atom stereocenters. The fourth-order valence-electron chi connectivity index (χ4n) is 4.58. The number of cyclic esters (lactones) is 1. The van der Waals surface area contributed by atoms with E-state index in [9.17, 15) is 9.90 Å². The number of esters is 1. The topological polar surface area (TPSA) is 102 Å². The van der Waals surface area contributed by atoms with Gasteiger partial charge in [-0.15, -0.1) is 0 Å². The van der Waals surface area contributed by atoms with E-state index in [4.69, 9.17) is 33.2 Å². The molecular weight excluding hydrogens is 480 g/mol. The number of carbonyl (C=O) groups is 1. The molecule has 0 aromatic heterocycles. The quantitative estimate of drug-likeness (QED) is 0.457. The molecule has 3 aromatic carbocycles. The molecule has 2 aliphatic rings. The molecule has 0 saturated heterocycles. The average Bonchev–Trinajstić information content (AvgIpc) is 3.49. The van der Waals surface area contributed by atoms with Gasteiger partial charge < -0.3 is 38.3 Å². The van der Waals surface area contributed by atoms with Crippen LogP contribution in [0.4, 0.5) is 0 Å². The Hall–Kier alpha value is -4.37. The van der Waals surface area contributed by atoms with E-state index in [-0.39, 0.29) is 18.8 Å². The molecule has 0 fully saturated rings. The predicted octanol–water partition coefficient (Wildman–Crippen LogP) is 3.85. The molecule has 0 aliphatic carbocycles. The molecule has 3 aromatic rings. The van der Waals surface area contributed by atoms with Crippen LogP contribution in [0.15, 0.2) is 60.2 Å². The summed E-state index contributed by atoms with van der Waals surface area (Å²) in [4.78, 5) is 13.3. The van der Waals surface area contributed by atoms with Crippen molar-refractivity contribution in [2.24, 2.45) is 0 Å². The van der Waals surface area contributed by atoms with Gasteiger partial charge in [-0.25, -0.2) is 4.79 Å². The Labute approximate surface area is 213 Å². The SMILES string of the molecule is COc1ccc([C@]2(O)OC(=O)C(c3ccc4c(c3)OCO4)=C2Cc2cc(OC)c(OC)c(OC)c2)cc1. The number of ether oxygens (including phenoxy) is 7. The Balaban J connectivity index is 1.68. The molecule has 192 valence electrons. The largest absolute Gasteiger partial charge is 0.497 e. The molecule has 0 bridgehead atoms. The van der Waals surface area contributed by atoms with Crippen LogP contribution in [0, 0.1) is 0 Å². The summed E-state index contributed by atoms with van der Waals surface area (Å²) in [6.07, 6.45) is 0.134. The second-order valence-corrected chi connectivity index (χ2v) is 8.39. The fraction of sp³-hybridized carbons (Fsp3) is 0.250. The van der Waals surface area contributed by atoms with Crippen LogP contribution in [0.1, 0.15) is 16.7 Å². The van der Waals surface area contributed by atoms with Crippen molar-refractivity contribution >= 4 is 11.5 Å². The van der Waals surface area contributed by atoms with Crippen molar-refractivity contribution in [3.05, 3.63) is 76.9 Å². The summed E-state index contributed by atoms with van der Waals surface area (Å²) in [6, 6.07) is 15.4. The number of methoxy groups -OCH3 is 4. The number of rotatable bonds is 8. The van der Waals surface area contributed by atoms with E-state index in [1.54, 1.807) is 61.7 Å². The van der Waals surface area contributed by atoms with Crippen molar-refractivity contribution in [3.8, 4) is 34.5 Å². The summed E-state index contributed by atoms with van der Waals surface area (Å²) < 4.78 is 38.3. The third-order valence-corrected chi connectivity index (χ3v) is 6.40. The second-order valence-electron chi connectivity index (χ2n) is 8.39. The number of hydrogen-bond acceptors (Lipinski definition) is 9. The number of fused-ring (bicyclic) bond motifs is 1. The standard InChI is InChI=1S/C28H26O9/c1-31-19-8-6-18(7-9-19)28(30)20(11-16-12-23(32-2)26(34-4)24(13-16)33-3)25(27(29)37-28)17-5-10-21-22(14-17)36-15-35-21/h5-10,12-14,30H,11,15H2,1-4H3/t28-/m0/s1. The first kappa shape index (κ1) is 24.3. The maximum atomic E-state index is 13.3. The van der Waals surface area contributed by atoms with Gasteiger partial charge in [0.1, 0.15) is 5.75 Å². The zero-order valence-corrected chi connectivity index (χ0v) is 20.8. The summed E-state index contributed by atoms with van der Waals surface area (Å²) in [5.41, 5.74) is 2.18. The Kier molecular flexibility index (Phi) is 6.31. The number of hydrogen-bond donors (Lipinski definition) is 1. The van der Waals surface area contributed by atoms with Gasteiger partial charge in [0, 0.05) is 17.6 Å². The maximum absolute atomic E-state index is 13.3. The van der Waals surface area contributed by atoms with Crippen molar-refractivity contribution in [2.45, 2.75) is 12.2 Å². The molecule has 2 heterocycles. The van der Waals surface area contributed by atoms with E-state index >= 15 is 0 Å². The molecule has 9 nitrogen and oxygen atoms in total. The summed E-state index contributed by atoms with van der Waals surface area (Å²) in [7, 11) is 6.11. The average molecular weight is 507 g/mol. The third kappa shape index (κ3) is 4.17. The first-order valence-electron chi connectivity index (χ1n) is 11.4. The lowest BCUT2D eigenvalue weighted by Crippen LogP contribution is -2.29. The molecule has 5 rings (SSSR count). The first-order chi connectivity index (χ1) is 17.9. The molecular formula is C28H26O9. The van der Waals surface area contributed by atoms with Crippen LogP contribution < -0.4 is 28.4 Å². The molecule has 2 aliphatic heterocycles. The Morgan fingerprint density at radius 1 is 0.838 bits per heavy atom. The number of benzene rings is 3. The highest BCUT2D eigenvalue weighted by atomic mass is 16.7. The van der Waals surface area contributed by atoms with E-state index in [0.29, 0.717) is 56.8 Å². The normalized spacial score (nSPS) is 18.0. The van der Waals surface area contributed by atoms with Gasteiger partial charge in [-0.05, 0) is 59.7 Å². The zero-order valence-electron chi connectivity index (χ0n) is 20.8. The van der Waals surface area contributed by atoms with E-state index in [0.717, 1.165) is 0 Å². The van der Waals surface area contributed by atoms with E-state index in [2.05, 4.69) is 0 Å². The minimum absolute atomic E-state index is 0.0936. The van der Waals surface area contributed by atoms with Gasteiger partial charge in [0.15, 0.2) is 23.0 Å². The fourth-order valence-corrected chi connectivity index (χ4v) is 4.58. The van der Waals surface area contributed by atoms with Gasteiger partial charge in [-0.3, -0.25) is 0 Å². The first-order valence-corrected chi connectivity index (χ1v) is 11.4. The van der Waals surface area contributed by atoms with E-state index in [1.165, 1.54) is 21.3 Å². The van der Waals surface area contributed by atoms with Crippen molar-refractivity contribution in [2.75, 3.05) is 35.2 Å². The highest BCUT2D eigenvalue weighted by Gasteiger charge is 2.48. The van der Waals surface area contributed by atoms with Gasteiger partial charge in [0.05, 0.1) is 34.0 Å². The van der Waals surface area contributed by atoms with Crippen LogP contribution in [0.25, 0.3) is 5.57 Å².